The Balaban J connectivity index is 1.37. The van der Waals surface area contributed by atoms with Crippen LogP contribution in [0.2, 0.25) is 0 Å². The number of carbonyl (C=O) groups is 3. The lowest BCUT2D eigenvalue weighted by atomic mass is 9.95. The summed E-state index contributed by atoms with van der Waals surface area (Å²) in [5.41, 5.74) is 3.88. The van der Waals surface area contributed by atoms with Crippen LogP contribution >= 0.6 is 0 Å². The third-order valence-corrected chi connectivity index (χ3v) is 6.47. The van der Waals surface area contributed by atoms with Crippen LogP contribution in [0.5, 0.6) is 5.75 Å². The maximum absolute atomic E-state index is 13.3. The first kappa shape index (κ1) is 26.9. The van der Waals surface area contributed by atoms with Gasteiger partial charge in [0.05, 0.1) is 5.69 Å². The molecule has 5 aromatic rings. The number of aromatic hydroxyl groups is 1. The number of carbonyl (C=O) groups excluding carboxylic acids is 3. The second-order valence-electron chi connectivity index (χ2n) is 9.32. The van der Waals surface area contributed by atoms with Crippen molar-refractivity contribution >= 4 is 34.8 Å². The zero-order valence-corrected chi connectivity index (χ0v) is 22.0. The summed E-state index contributed by atoms with van der Waals surface area (Å²) in [4.78, 5) is 39.7. The predicted molar refractivity (Wildman–Crippen MR) is 161 cm³/mol. The van der Waals surface area contributed by atoms with Gasteiger partial charge in [0.2, 0.25) is 11.8 Å². The van der Waals surface area contributed by atoms with E-state index < -0.39 is 23.6 Å². The molecule has 0 saturated carbocycles. The minimum atomic E-state index is -1.18. The normalized spacial score (nSPS) is 10.6. The second-order valence-corrected chi connectivity index (χ2v) is 9.32. The molecule has 0 saturated heterocycles. The van der Waals surface area contributed by atoms with E-state index in [2.05, 4.69) is 16.0 Å². The largest absolute Gasteiger partial charge is 0.506 e. The zero-order chi connectivity index (χ0) is 28.6. The molecule has 3 amide bonds. The van der Waals surface area contributed by atoms with Gasteiger partial charge in [0.1, 0.15) is 11.7 Å². The van der Waals surface area contributed by atoms with E-state index in [1.165, 1.54) is 6.07 Å². The fraction of sp³-hybridized carbons (Fsp3) is 0.0294. The van der Waals surface area contributed by atoms with E-state index in [-0.39, 0.29) is 11.4 Å². The van der Waals surface area contributed by atoms with Crippen molar-refractivity contribution in [3.8, 4) is 16.9 Å². The smallest absolute Gasteiger partial charge is 0.255 e. The molecule has 0 aliphatic rings. The number of amides is 3. The lowest BCUT2D eigenvalue weighted by Gasteiger charge is -2.18. The molecule has 0 spiro atoms. The summed E-state index contributed by atoms with van der Waals surface area (Å²) in [6.07, 6.45) is 0. The van der Waals surface area contributed by atoms with Crippen molar-refractivity contribution in [1.82, 2.24) is 0 Å². The SMILES string of the molecule is O=C(Nc1cc(-c2ccccc2)ccc1O)c1ccc(C(C(=O)Nc2ccccc2)C(=O)Nc2ccccc2)cc1. The third kappa shape index (κ3) is 6.66. The summed E-state index contributed by atoms with van der Waals surface area (Å²) < 4.78 is 0. The molecule has 0 aliphatic carbocycles. The fourth-order valence-electron chi connectivity index (χ4n) is 4.36. The Bertz CT molecular complexity index is 1600. The van der Waals surface area contributed by atoms with Crippen molar-refractivity contribution in [2.45, 2.75) is 5.92 Å². The summed E-state index contributed by atoms with van der Waals surface area (Å²) in [6.45, 7) is 0. The van der Waals surface area contributed by atoms with Crippen molar-refractivity contribution in [3.05, 3.63) is 145 Å². The third-order valence-electron chi connectivity index (χ3n) is 6.47. The van der Waals surface area contributed by atoms with E-state index >= 15 is 0 Å². The Morgan fingerprint density at radius 2 is 1.05 bits per heavy atom. The molecular formula is C34H27N3O4. The van der Waals surface area contributed by atoms with Gasteiger partial charge in [-0.3, -0.25) is 14.4 Å². The van der Waals surface area contributed by atoms with Crippen LogP contribution in [0.4, 0.5) is 17.1 Å². The predicted octanol–water partition coefficient (Wildman–Crippen LogP) is 6.67. The van der Waals surface area contributed by atoms with Crippen LogP contribution in [0.25, 0.3) is 11.1 Å². The number of para-hydroxylation sites is 2. The fourth-order valence-corrected chi connectivity index (χ4v) is 4.36. The van der Waals surface area contributed by atoms with Crippen molar-refractivity contribution < 1.29 is 19.5 Å². The number of rotatable bonds is 8. The monoisotopic (exact) mass is 541 g/mol. The van der Waals surface area contributed by atoms with Crippen molar-refractivity contribution in [2.75, 3.05) is 16.0 Å². The number of hydrogen-bond acceptors (Lipinski definition) is 4. The number of phenolic OH excluding ortho intramolecular Hbond substituents is 1. The molecule has 202 valence electrons. The van der Waals surface area contributed by atoms with Gasteiger partial charge in [-0.15, -0.1) is 0 Å². The van der Waals surface area contributed by atoms with Crippen LogP contribution in [0.1, 0.15) is 21.8 Å². The summed E-state index contributed by atoms with van der Waals surface area (Å²) >= 11 is 0. The molecule has 7 nitrogen and oxygen atoms in total. The molecule has 7 heteroatoms. The first-order chi connectivity index (χ1) is 20.0. The van der Waals surface area contributed by atoms with Crippen LogP contribution in [-0.4, -0.2) is 22.8 Å². The van der Waals surface area contributed by atoms with Gasteiger partial charge in [-0.05, 0) is 65.2 Å². The van der Waals surface area contributed by atoms with Crippen molar-refractivity contribution in [1.29, 1.82) is 0 Å². The summed E-state index contributed by atoms with van der Waals surface area (Å²) in [5, 5.41) is 18.7. The quantitative estimate of drug-likeness (QED) is 0.130. The second kappa shape index (κ2) is 12.4. The highest BCUT2D eigenvalue weighted by Crippen LogP contribution is 2.30. The molecule has 0 bridgehead atoms. The first-order valence-corrected chi connectivity index (χ1v) is 13.0. The van der Waals surface area contributed by atoms with Gasteiger partial charge in [-0.2, -0.15) is 0 Å². The van der Waals surface area contributed by atoms with Crippen molar-refractivity contribution in [3.63, 3.8) is 0 Å². The van der Waals surface area contributed by atoms with E-state index in [0.29, 0.717) is 22.5 Å². The van der Waals surface area contributed by atoms with Gasteiger partial charge in [0.25, 0.3) is 5.91 Å². The molecule has 5 aromatic carbocycles. The molecule has 41 heavy (non-hydrogen) atoms. The summed E-state index contributed by atoms with van der Waals surface area (Å²) in [6, 6.07) is 38.6. The molecule has 4 N–H and O–H groups in total. The highest BCUT2D eigenvalue weighted by molar-refractivity contribution is 6.15. The standard InChI is InChI=1S/C34H27N3O4/c38-30-21-20-26(23-10-4-1-5-11-23)22-29(30)37-32(39)25-18-16-24(17-19-25)31(33(40)35-27-12-6-2-7-13-27)34(41)36-28-14-8-3-9-15-28/h1-22,31,38H,(H,35,40)(H,36,41)(H,37,39). The van der Waals surface area contributed by atoms with Crippen LogP contribution in [-0.2, 0) is 9.59 Å². The van der Waals surface area contributed by atoms with E-state index in [0.717, 1.165) is 11.1 Å². The first-order valence-electron chi connectivity index (χ1n) is 13.0. The molecule has 0 aromatic heterocycles. The molecule has 0 aliphatic heterocycles. The Kier molecular flexibility index (Phi) is 8.16. The van der Waals surface area contributed by atoms with Crippen LogP contribution in [0, 0.1) is 0 Å². The number of anilines is 3. The number of phenols is 1. The topological polar surface area (TPSA) is 108 Å². The van der Waals surface area contributed by atoms with E-state index in [9.17, 15) is 19.5 Å². The van der Waals surface area contributed by atoms with Gasteiger partial charge in [0, 0.05) is 16.9 Å². The minimum Gasteiger partial charge on any atom is -0.506 e. The van der Waals surface area contributed by atoms with Crippen LogP contribution < -0.4 is 16.0 Å². The molecule has 0 fully saturated rings. The molecular weight excluding hydrogens is 514 g/mol. The van der Waals surface area contributed by atoms with Gasteiger partial charge in [-0.25, -0.2) is 0 Å². The highest BCUT2D eigenvalue weighted by atomic mass is 16.3. The zero-order valence-electron chi connectivity index (χ0n) is 22.0. The molecule has 0 heterocycles. The van der Waals surface area contributed by atoms with E-state index in [4.69, 9.17) is 0 Å². The molecule has 0 atom stereocenters. The molecule has 0 radical (unpaired) electrons. The Labute approximate surface area is 237 Å². The maximum Gasteiger partial charge on any atom is 0.255 e. The average Bonchev–Trinajstić information content (AvgIpc) is 3.00. The van der Waals surface area contributed by atoms with Crippen LogP contribution in [0.3, 0.4) is 0 Å². The lowest BCUT2D eigenvalue weighted by Crippen LogP contribution is -2.32. The average molecular weight is 542 g/mol. The van der Waals surface area contributed by atoms with E-state index in [1.54, 1.807) is 84.9 Å². The van der Waals surface area contributed by atoms with Gasteiger partial charge in [-0.1, -0.05) is 84.9 Å². The molecule has 5 rings (SSSR count). The Hall–Kier alpha value is -5.69. The molecule has 0 unspecified atom stereocenters. The van der Waals surface area contributed by atoms with Crippen molar-refractivity contribution in [2.24, 2.45) is 0 Å². The number of hydrogen-bond donors (Lipinski definition) is 4. The minimum absolute atomic E-state index is 0.0649. The maximum atomic E-state index is 13.3. The lowest BCUT2D eigenvalue weighted by molar-refractivity contribution is -0.125. The van der Waals surface area contributed by atoms with Gasteiger partial charge < -0.3 is 21.1 Å². The van der Waals surface area contributed by atoms with Crippen LogP contribution in [0.15, 0.2) is 133 Å². The van der Waals surface area contributed by atoms with Gasteiger partial charge >= 0.3 is 0 Å². The summed E-state index contributed by atoms with van der Waals surface area (Å²) in [5.74, 6) is -2.71. The number of benzene rings is 5. The summed E-state index contributed by atoms with van der Waals surface area (Å²) in [7, 11) is 0. The highest BCUT2D eigenvalue weighted by Gasteiger charge is 2.29. The Morgan fingerprint density at radius 3 is 1.59 bits per heavy atom. The number of nitrogens with one attached hydrogen (secondary N) is 3. The Morgan fingerprint density at radius 1 is 0.537 bits per heavy atom. The van der Waals surface area contributed by atoms with E-state index in [1.807, 2.05) is 42.5 Å². The van der Waals surface area contributed by atoms with Gasteiger partial charge in [0.15, 0.2) is 0 Å².